The standard InChI is InChI=1S/C25H24N4O4/c1-29(16-23(30)28-22-14-26-11-12-27-22)13-10-17(15-29)33-24(31)25(32)20-8-4-2-6-18(20)19-7-3-5-9-21(19)25/h2-9,11-12,14,17,32H,10,13,15-16H2,1H3/p+1/t17-,29?/m1/s1. The van der Waals surface area contributed by atoms with Crippen molar-refractivity contribution in [3.63, 3.8) is 0 Å². The molecule has 2 N–H and O–H groups in total. The highest BCUT2D eigenvalue weighted by Gasteiger charge is 2.51. The van der Waals surface area contributed by atoms with Crippen LogP contribution in [-0.4, -0.2) is 64.2 Å². The maximum Gasteiger partial charge on any atom is 0.348 e. The number of anilines is 1. The number of esters is 1. The molecule has 8 heteroatoms. The van der Waals surface area contributed by atoms with Gasteiger partial charge in [-0.3, -0.25) is 9.78 Å². The molecule has 0 radical (unpaired) electrons. The van der Waals surface area contributed by atoms with E-state index in [1.54, 1.807) is 12.1 Å². The van der Waals surface area contributed by atoms with Gasteiger partial charge in [-0.15, -0.1) is 0 Å². The Morgan fingerprint density at radius 2 is 1.79 bits per heavy atom. The van der Waals surface area contributed by atoms with Crippen molar-refractivity contribution in [2.75, 3.05) is 32.0 Å². The van der Waals surface area contributed by atoms with Crippen LogP contribution in [-0.2, 0) is 19.9 Å². The number of nitrogens with zero attached hydrogens (tertiary/aromatic N) is 3. The second kappa shape index (κ2) is 8.06. The number of carbonyl (C=O) groups is 2. The van der Waals surface area contributed by atoms with E-state index < -0.39 is 17.7 Å². The molecule has 1 aromatic heterocycles. The Balaban J connectivity index is 1.29. The number of aromatic nitrogens is 2. The summed E-state index contributed by atoms with van der Waals surface area (Å²) in [4.78, 5) is 33.8. The maximum absolute atomic E-state index is 13.3. The molecule has 0 spiro atoms. The zero-order chi connectivity index (χ0) is 23.1. The van der Waals surface area contributed by atoms with E-state index in [0.717, 1.165) is 11.1 Å². The summed E-state index contributed by atoms with van der Waals surface area (Å²) in [5.74, 6) is -0.457. The fraction of sp³-hybridized carbons (Fsp3) is 0.280. The van der Waals surface area contributed by atoms with Crippen molar-refractivity contribution in [1.29, 1.82) is 0 Å². The van der Waals surface area contributed by atoms with Gasteiger partial charge in [0.2, 0.25) is 5.60 Å². The number of amides is 1. The minimum Gasteiger partial charge on any atom is -0.453 e. The van der Waals surface area contributed by atoms with Gasteiger partial charge >= 0.3 is 5.97 Å². The molecule has 2 aromatic carbocycles. The second-order valence-corrected chi connectivity index (χ2v) is 8.94. The van der Waals surface area contributed by atoms with E-state index in [4.69, 9.17) is 4.74 Å². The number of carbonyl (C=O) groups excluding carboxylic acids is 2. The minimum atomic E-state index is -1.84. The molecule has 1 amide bonds. The first kappa shape index (κ1) is 21.2. The van der Waals surface area contributed by atoms with Crippen LogP contribution in [0.3, 0.4) is 0 Å². The molecule has 33 heavy (non-hydrogen) atoms. The number of hydrogen-bond donors (Lipinski definition) is 2. The molecule has 5 rings (SSSR count). The molecule has 2 atom stereocenters. The summed E-state index contributed by atoms with van der Waals surface area (Å²) in [5.41, 5.74) is 0.896. The van der Waals surface area contributed by atoms with Gasteiger partial charge in [0.1, 0.15) is 6.54 Å². The lowest BCUT2D eigenvalue weighted by Gasteiger charge is -2.29. The highest BCUT2D eigenvalue weighted by Crippen LogP contribution is 2.48. The van der Waals surface area contributed by atoms with Crippen molar-refractivity contribution in [3.05, 3.63) is 78.2 Å². The van der Waals surface area contributed by atoms with Gasteiger partial charge in [-0.25, -0.2) is 9.78 Å². The molecule has 0 saturated carbocycles. The smallest absolute Gasteiger partial charge is 0.348 e. The normalized spacial score (nSPS) is 22.3. The number of hydrogen-bond acceptors (Lipinski definition) is 6. The number of likely N-dealkylation sites (tertiary alicyclic amines) is 1. The summed E-state index contributed by atoms with van der Waals surface area (Å²) in [6.07, 6.45) is 4.76. The number of likely N-dealkylation sites (N-methyl/N-ethyl adjacent to an activating group) is 1. The van der Waals surface area contributed by atoms with E-state index in [0.29, 0.717) is 40.9 Å². The lowest BCUT2D eigenvalue weighted by Crippen LogP contribution is -2.48. The largest absolute Gasteiger partial charge is 0.453 e. The Morgan fingerprint density at radius 3 is 2.42 bits per heavy atom. The van der Waals surface area contributed by atoms with Crippen LogP contribution in [0.2, 0.25) is 0 Å². The molecule has 0 bridgehead atoms. The number of quaternary nitrogens is 1. The number of benzene rings is 2. The Morgan fingerprint density at radius 1 is 1.12 bits per heavy atom. The maximum atomic E-state index is 13.3. The number of fused-ring (bicyclic) bond motifs is 3. The first-order valence-electron chi connectivity index (χ1n) is 10.9. The van der Waals surface area contributed by atoms with Crippen LogP contribution < -0.4 is 5.32 Å². The quantitative estimate of drug-likeness (QED) is 0.461. The fourth-order valence-corrected chi connectivity index (χ4v) is 4.93. The van der Waals surface area contributed by atoms with Crippen molar-refractivity contribution in [1.82, 2.24) is 9.97 Å². The summed E-state index contributed by atoms with van der Waals surface area (Å²) in [5, 5.41) is 14.4. The van der Waals surface area contributed by atoms with E-state index in [1.807, 2.05) is 43.4 Å². The Hall–Kier alpha value is -3.62. The van der Waals surface area contributed by atoms with Crippen LogP contribution in [0.1, 0.15) is 17.5 Å². The molecule has 3 aromatic rings. The van der Waals surface area contributed by atoms with Gasteiger partial charge in [0, 0.05) is 29.9 Å². The summed E-state index contributed by atoms with van der Waals surface area (Å²) >= 11 is 0. The first-order valence-corrected chi connectivity index (χ1v) is 10.9. The number of nitrogens with one attached hydrogen (secondary N) is 1. The predicted octanol–water partition coefficient (Wildman–Crippen LogP) is 2.09. The van der Waals surface area contributed by atoms with E-state index >= 15 is 0 Å². The third-order valence-corrected chi connectivity index (χ3v) is 6.48. The summed E-state index contributed by atoms with van der Waals surface area (Å²) in [7, 11) is 1.96. The highest BCUT2D eigenvalue weighted by atomic mass is 16.6. The minimum absolute atomic E-state index is 0.178. The lowest BCUT2D eigenvalue weighted by molar-refractivity contribution is -0.890. The van der Waals surface area contributed by atoms with Crippen LogP contribution in [0.15, 0.2) is 67.1 Å². The molecule has 1 aliphatic heterocycles. The topological polar surface area (TPSA) is 101 Å². The van der Waals surface area contributed by atoms with E-state index in [-0.39, 0.29) is 12.5 Å². The van der Waals surface area contributed by atoms with Crippen LogP contribution in [0.5, 0.6) is 0 Å². The Kier molecular flexibility index (Phi) is 5.19. The van der Waals surface area contributed by atoms with Gasteiger partial charge < -0.3 is 19.6 Å². The van der Waals surface area contributed by atoms with Gasteiger partial charge in [-0.2, -0.15) is 0 Å². The van der Waals surface area contributed by atoms with Gasteiger partial charge in [-0.05, 0) is 11.1 Å². The summed E-state index contributed by atoms with van der Waals surface area (Å²) in [6, 6.07) is 14.7. The molecule has 8 nitrogen and oxygen atoms in total. The van der Waals surface area contributed by atoms with E-state index in [1.165, 1.54) is 18.6 Å². The zero-order valence-electron chi connectivity index (χ0n) is 18.3. The average molecular weight is 445 g/mol. The van der Waals surface area contributed by atoms with Crippen molar-refractivity contribution in [2.45, 2.75) is 18.1 Å². The Labute approximate surface area is 191 Å². The molecule has 2 aliphatic rings. The highest BCUT2D eigenvalue weighted by molar-refractivity contribution is 5.96. The predicted molar refractivity (Wildman–Crippen MR) is 121 cm³/mol. The molecule has 1 unspecified atom stereocenters. The Bertz CT molecular complexity index is 1170. The second-order valence-electron chi connectivity index (χ2n) is 8.94. The van der Waals surface area contributed by atoms with Crippen LogP contribution in [0, 0.1) is 0 Å². The third kappa shape index (κ3) is 3.77. The SMILES string of the molecule is C[N+]1(CC(=O)Nc2cnccn2)CC[C@@H](OC(=O)C2(O)c3ccccc3-c3ccccc32)C1. The molecular weight excluding hydrogens is 420 g/mol. The van der Waals surface area contributed by atoms with Gasteiger partial charge in [0.15, 0.2) is 18.5 Å². The van der Waals surface area contributed by atoms with Crippen molar-refractivity contribution < 1.29 is 23.9 Å². The first-order chi connectivity index (χ1) is 15.9. The zero-order valence-corrected chi connectivity index (χ0v) is 18.3. The average Bonchev–Trinajstić information content (AvgIpc) is 3.30. The van der Waals surface area contributed by atoms with Gasteiger partial charge in [0.25, 0.3) is 5.91 Å². The number of ether oxygens (including phenoxy) is 1. The van der Waals surface area contributed by atoms with Crippen molar-refractivity contribution in [3.8, 4) is 11.1 Å². The molecule has 1 aliphatic carbocycles. The van der Waals surface area contributed by atoms with E-state index in [9.17, 15) is 14.7 Å². The fourth-order valence-electron chi connectivity index (χ4n) is 4.93. The number of rotatable bonds is 5. The van der Waals surface area contributed by atoms with Crippen molar-refractivity contribution in [2.24, 2.45) is 0 Å². The van der Waals surface area contributed by atoms with E-state index in [2.05, 4.69) is 15.3 Å². The van der Waals surface area contributed by atoms with Crippen LogP contribution >= 0.6 is 0 Å². The van der Waals surface area contributed by atoms with Crippen LogP contribution in [0.4, 0.5) is 5.82 Å². The lowest BCUT2D eigenvalue weighted by atomic mass is 9.91. The molecule has 1 fully saturated rings. The number of aliphatic hydroxyl groups is 1. The molecule has 2 heterocycles. The summed E-state index contributed by atoms with van der Waals surface area (Å²) < 4.78 is 6.27. The van der Waals surface area contributed by atoms with Crippen molar-refractivity contribution >= 4 is 17.7 Å². The monoisotopic (exact) mass is 445 g/mol. The molecule has 1 saturated heterocycles. The van der Waals surface area contributed by atoms with Gasteiger partial charge in [0.05, 0.1) is 19.8 Å². The summed E-state index contributed by atoms with van der Waals surface area (Å²) in [6.45, 7) is 1.39. The molecular formula is C25H25N4O4+. The third-order valence-electron chi connectivity index (χ3n) is 6.48. The van der Waals surface area contributed by atoms with Crippen LogP contribution in [0.25, 0.3) is 11.1 Å². The van der Waals surface area contributed by atoms with Gasteiger partial charge in [-0.1, -0.05) is 48.5 Å². The molecule has 168 valence electrons.